The fraction of sp³-hybridized carbons (Fsp3) is 0.571. The highest BCUT2D eigenvalue weighted by Crippen LogP contribution is 2.65. The predicted molar refractivity (Wildman–Crippen MR) is 73.3 cm³/mol. The number of pyridine rings is 1. The fourth-order valence-electron chi connectivity index (χ4n) is 4.32. The van der Waals surface area contributed by atoms with Crippen LogP contribution >= 0.6 is 23.2 Å². The Morgan fingerprint density at radius 2 is 1.89 bits per heavy atom. The highest BCUT2D eigenvalue weighted by Gasteiger charge is 2.65. The minimum absolute atomic E-state index is 0.189. The van der Waals surface area contributed by atoms with Gasteiger partial charge >= 0.3 is 0 Å². The van der Waals surface area contributed by atoms with E-state index in [0.717, 1.165) is 11.8 Å². The average molecular weight is 297 g/mol. The number of hydrogen-bond donors (Lipinski definition) is 1. The van der Waals surface area contributed by atoms with E-state index in [1.807, 2.05) is 0 Å². The summed E-state index contributed by atoms with van der Waals surface area (Å²) < 4.78 is 0. The summed E-state index contributed by atoms with van der Waals surface area (Å²) in [5.74, 6) is 2.90. The number of nitrogens with zero attached hydrogens (tertiary/aromatic N) is 1. The summed E-state index contributed by atoms with van der Waals surface area (Å²) >= 11 is 11.8. The predicted octanol–water partition coefficient (Wildman–Crippen LogP) is 3.16. The van der Waals surface area contributed by atoms with Gasteiger partial charge in [-0.1, -0.05) is 23.2 Å². The summed E-state index contributed by atoms with van der Waals surface area (Å²) in [7, 11) is 0. The van der Waals surface area contributed by atoms with E-state index in [0.29, 0.717) is 28.1 Å². The van der Waals surface area contributed by atoms with Crippen LogP contribution in [0.25, 0.3) is 0 Å². The number of fused-ring (bicyclic) bond motifs is 5. The molecule has 0 aromatic carbocycles. The topological polar surface area (TPSA) is 42.0 Å². The highest BCUT2D eigenvalue weighted by atomic mass is 35.5. The molecule has 0 saturated heterocycles. The molecular weight excluding hydrogens is 283 g/mol. The van der Waals surface area contributed by atoms with Crippen molar-refractivity contribution < 1.29 is 4.79 Å². The Kier molecular flexibility index (Phi) is 2.58. The lowest BCUT2D eigenvalue weighted by atomic mass is 10.0. The number of carbonyl (C=O) groups excluding carboxylic acids is 1. The van der Waals surface area contributed by atoms with E-state index in [-0.39, 0.29) is 11.6 Å². The molecule has 100 valence electrons. The van der Waals surface area contributed by atoms with Crippen LogP contribution in [0.1, 0.15) is 29.8 Å². The Hall–Kier alpha value is -0.800. The van der Waals surface area contributed by atoms with Gasteiger partial charge in [-0.3, -0.25) is 4.79 Å². The highest BCUT2D eigenvalue weighted by molar-refractivity contribution is 6.34. The molecule has 1 heterocycles. The molecule has 1 amide bonds. The van der Waals surface area contributed by atoms with Crippen molar-refractivity contribution in [2.75, 3.05) is 0 Å². The number of nitrogens with one attached hydrogen (secondary N) is 1. The first kappa shape index (κ1) is 12.0. The molecular formula is C14H14Cl2N2O. The van der Waals surface area contributed by atoms with Crippen molar-refractivity contribution in [3.8, 4) is 0 Å². The smallest absolute Gasteiger partial charge is 0.271 e. The lowest BCUT2D eigenvalue weighted by Gasteiger charge is -2.11. The van der Waals surface area contributed by atoms with E-state index < -0.39 is 0 Å². The SMILES string of the molecule is O=C(NC1C2C3CCC(C3)C12)c1nc(Cl)ccc1Cl. The Morgan fingerprint density at radius 1 is 1.21 bits per heavy atom. The summed E-state index contributed by atoms with van der Waals surface area (Å²) in [6.07, 6.45) is 4.06. The molecule has 1 N–H and O–H groups in total. The first-order chi connectivity index (χ1) is 9.15. The van der Waals surface area contributed by atoms with Crippen molar-refractivity contribution >= 4 is 29.1 Å². The van der Waals surface area contributed by atoms with Gasteiger partial charge in [0, 0.05) is 6.04 Å². The lowest BCUT2D eigenvalue weighted by molar-refractivity contribution is 0.0939. The molecule has 4 atom stereocenters. The van der Waals surface area contributed by atoms with Gasteiger partial charge in [0.05, 0.1) is 5.02 Å². The maximum absolute atomic E-state index is 12.2. The molecule has 2 bridgehead atoms. The molecule has 5 heteroatoms. The summed E-state index contributed by atoms with van der Waals surface area (Å²) in [6.45, 7) is 0. The second-order valence-corrected chi connectivity index (χ2v) is 6.75. The van der Waals surface area contributed by atoms with Gasteiger partial charge in [0.1, 0.15) is 10.8 Å². The third kappa shape index (κ3) is 1.78. The molecule has 1 aromatic rings. The maximum Gasteiger partial charge on any atom is 0.271 e. The number of rotatable bonds is 2. The fourth-order valence-corrected chi connectivity index (χ4v) is 4.65. The summed E-state index contributed by atoms with van der Waals surface area (Å²) in [4.78, 5) is 16.2. The van der Waals surface area contributed by atoms with E-state index in [4.69, 9.17) is 23.2 Å². The van der Waals surface area contributed by atoms with Crippen LogP contribution < -0.4 is 5.32 Å². The normalized spacial score (nSPS) is 38.1. The molecule has 0 spiro atoms. The van der Waals surface area contributed by atoms with Gasteiger partial charge in [-0.05, 0) is 55.1 Å². The van der Waals surface area contributed by atoms with Crippen LogP contribution in [-0.2, 0) is 0 Å². The van der Waals surface area contributed by atoms with Crippen molar-refractivity contribution in [1.82, 2.24) is 10.3 Å². The largest absolute Gasteiger partial charge is 0.347 e. The van der Waals surface area contributed by atoms with Crippen molar-refractivity contribution in [2.45, 2.75) is 25.3 Å². The molecule has 4 unspecified atom stereocenters. The zero-order valence-electron chi connectivity index (χ0n) is 10.3. The van der Waals surface area contributed by atoms with Crippen molar-refractivity contribution in [2.24, 2.45) is 23.7 Å². The standard InChI is InChI=1S/C14H14Cl2N2O/c15-8-3-4-9(16)17-12(8)14(19)18-13-10-6-1-2-7(5-6)11(10)13/h3-4,6-7,10-11,13H,1-2,5H2,(H,18,19). The van der Waals surface area contributed by atoms with Gasteiger partial charge in [-0.15, -0.1) is 0 Å². The van der Waals surface area contributed by atoms with E-state index in [1.165, 1.54) is 19.3 Å². The number of hydrogen-bond acceptors (Lipinski definition) is 2. The summed E-state index contributed by atoms with van der Waals surface area (Å²) in [5.41, 5.74) is 0.242. The van der Waals surface area contributed by atoms with Crippen LogP contribution in [0.5, 0.6) is 0 Å². The van der Waals surface area contributed by atoms with Gasteiger partial charge in [0.2, 0.25) is 0 Å². The minimum atomic E-state index is -0.189. The molecule has 3 saturated carbocycles. The molecule has 1 aromatic heterocycles. The molecule has 19 heavy (non-hydrogen) atoms. The Morgan fingerprint density at radius 3 is 2.58 bits per heavy atom. The molecule has 4 rings (SSSR count). The number of amides is 1. The molecule has 3 fully saturated rings. The zero-order valence-corrected chi connectivity index (χ0v) is 11.8. The molecule has 3 aliphatic rings. The van der Waals surface area contributed by atoms with Crippen LogP contribution in [0.15, 0.2) is 12.1 Å². The van der Waals surface area contributed by atoms with Crippen LogP contribution in [0.2, 0.25) is 10.2 Å². The second-order valence-electron chi connectivity index (χ2n) is 5.95. The van der Waals surface area contributed by atoms with Crippen molar-refractivity contribution in [3.05, 3.63) is 28.0 Å². The van der Waals surface area contributed by atoms with Crippen LogP contribution in [-0.4, -0.2) is 16.9 Å². The first-order valence-corrected chi connectivity index (χ1v) is 7.53. The van der Waals surface area contributed by atoms with Gasteiger partial charge in [-0.25, -0.2) is 4.98 Å². The third-order valence-electron chi connectivity index (χ3n) is 5.06. The Balaban J connectivity index is 1.50. The van der Waals surface area contributed by atoms with Gasteiger partial charge in [0.15, 0.2) is 0 Å². The quantitative estimate of drug-likeness (QED) is 0.852. The van der Waals surface area contributed by atoms with Gasteiger partial charge in [-0.2, -0.15) is 0 Å². The summed E-state index contributed by atoms with van der Waals surface area (Å²) in [6, 6.07) is 3.55. The molecule has 3 nitrogen and oxygen atoms in total. The average Bonchev–Trinajstić information content (AvgIpc) is 2.80. The molecule has 0 radical (unpaired) electrons. The van der Waals surface area contributed by atoms with Gasteiger partial charge < -0.3 is 5.32 Å². The molecule has 0 aliphatic heterocycles. The van der Waals surface area contributed by atoms with Crippen LogP contribution in [0.3, 0.4) is 0 Å². The zero-order chi connectivity index (χ0) is 13.1. The Bertz CT molecular complexity index is 546. The number of aromatic nitrogens is 1. The summed E-state index contributed by atoms with van der Waals surface area (Å²) in [5, 5.41) is 3.75. The van der Waals surface area contributed by atoms with E-state index in [9.17, 15) is 4.79 Å². The third-order valence-corrected chi connectivity index (χ3v) is 5.58. The molecule has 3 aliphatic carbocycles. The van der Waals surface area contributed by atoms with Gasteiger partial charge in [0.25, 0.3) is 5.91 Å². The lowest BCUT2D eigenvalue weighted by Crippen LogP contribution is -2.30. The minimum Gasteiger partial charge on any atom is -0.347 e. The van der Waals surface area contributed by atoms with E-state index >= 15 is 0 Å². The van der Waals surface area contributed by atoms with E-state index in [2.05, 4.69) is 10.3 Å². The monoisotopic (exact) mass is 296 g/mol. The van der Waals surface area contributed by atoms with Crippen LogP contribution in [0.4, 0.5) is 0 Å². The number of halogens is 2. The first-order valence-electron chi connectivity index (χ1n) is 6.78. The van der Waals surface area contributed by atoms with E-state index in [1.54, 1.807) is 12.1 Å². The number of carbonyl (C=O) groups is 1. The van der Waals surface area contributed by atoms with Crippen LogP contribution in [0, 0.1) is 23.7 Å². The maximum atomic E-state index is 12.2. The van der Waals surface area contributed by atoms with Crippen molar-refractivity contribution in [3.63, 3.8) is 0 Å². The second kappa shape index (κ2) is 4.10. The Labute approximate surface area is 121 Å². The van der Waals surface area contributed by atoms with Crippen molar-refractivity contribution in [1.29, 1.82) is 0 Å².